The molecule has 0 unspecified atom stereocenters. The third-order valence-corrected chi connectivity index (χ3v) is 5.56. The van der Waals surface area contributed by atoms with Crippen molar-refractivity contribution < 1.29 is 13.2 Å². The Hall–Kier alpha value is -2.28. The topological polar surface area (TPSA) is 80.3 Å². The van der Waals surface area contributed by atoms with Gasteiger partial charge in [0.15, 0.2) is 0 Å². The number of aryl methyl sites for hydroxylation is 2. The average Bonchev–Trinajstić information content (AvgIpc) is 2.61. The van der Waals surface area contributed by atoms with Crippen LogP contribution >= 0.6 is 0 Å². The molecule has 0 spiro atoms. The van der Waals surface area contributed by atoms with Crippen LogP contribution in [0.2, 0.25) is 0 Å². The first kappa shape index (κ1) is 20.0. The molecule has 0 saturated carbocycles. The Morgan fingerprint density at radius 1 is 1.12 bits per heavy atom. The summed E-state index contributed by atoms with van der Waals surface area (Å²) in [6.45, 7) is 6.81. The van der Waals surface area contributed by atoms with E-state index in [4.69, 9.17) is 4.74 Å². The van der Waals surface area contributed by atoms with E-state index in [2.05, 4.69) is 21.9 Å². The van der Waals surface area contributed by atoms with Crippen molar-refractivity contribution in [2.24, 2.45) is 0 Å². The zero-order chi connectivity index (χ0) is 19.2. The minimum absolute atomic E-state index is 0.103. The van der Waals surface area contributed by atoms with Crippen molar-refractivity contribution in [3.8, 4) is 5.75 Å². The molecule has 0 fully saturated rings. The van der Waals surface area contributed by atoms with Gasteiger partial charge in [-0.15, -0.1) is 0 Å². The van der Waals surface area contributed by atoms with E-state index in [1.165, 1.54) is 20.0 Å². The van der Waals surface area contributed by atoms with Crippen LogP contribution in [0.1, 0.15) is 37.3 Å². The number of benzene rings is 1. The monoisotopic (exact) mass is 377 g/mol. The molecule has 26 heavy (non-hydrogen) atoms. The predicted molar refractivity (Wildman–Crippen MR) is 106 cm³/mol. The van der Waals surface area contributed by atoms with Crippen molar-refractivity contribution in [1.82, 2.24) is 4.98 Å². The van der Waals surface area contributed by atoms with Gasteiger partial charge in [-0.1, -0.05) is 19.8 Å². The molecule has 2 N–H and O–H groups in total. The summed E-state index contributed by atoms with van der Waals surface area (Å²) in [5.41, 5.74) is 2.72. The Morgan fingerprint density at radius 3 is 2.46 bits per heavy atom. The van der Waals surface area contributed by atoms with Gasteiger partial charge in [0.1, 0.15) is 16.5 Å². The highest BCUT2D eigenvalue weighted by Crippen LogP contribution is 2.28. The first-order chi connectivity index (χ1) is 12.4. The van der Waals surface area contributed by atoms with Crippen molar-refractivity contribution >= 4 is 21.5 Å². The zero-order valence-corrected chi connectivity index (χ0v) is 16.6. The molecule has 2 aromatic rings. The average molecular weight is 378 g/mol. The van der Waals surface area contributed by atoms with E-state index in [9.17, 15) is 8.42 Å². The molecule has 7 heteroatoms. The highest BCUT2D eigenvalue weighted by molar-refractivity contribution is 7.92. The van der Waals surface area contributed by atoms with Crippen LogP contribution in [-0.4, -0.2) is 27.1 Å². The van der Waals surface area contributed by atoms with Crippen LogP contribution in [0, 0.1) is 13.8 Å². The third kappa shape index (κ3) is 5.11. The summed E-state index contributed by atoms with van der Waals surface area (Å²) in [5, 5.41) is 3.27. The number of ether oxygens (including phenoxy) is 1. The molecule has 1 heterocycles. The largest absolute Gasteiger partial charge is 0.495 e. The summed E-state index contributed by atoms with van der Waals surface area (Å²) in [6.07, 6.45) is 5.07. The second-order valence-electron chi connectivity index (χ2n) is 6.26. The molecule has 2 rings (SSSR count). The quantitative estimate of drug-likeness (QED) is 0.643. The van der Waals surface area contributed by atoms with Crippen molar-refractivity contribution in [2.45, 2.75) is 44.9 Å². The summed E-state index contributed by atoms with van der Waals surface area (Å²) < 4.78 is 33.2. The normalized spacial score (nSPS) is 11.2. The second kappa shape index (κ2) is 8.89. The lowest BCUT2D eigenvalue weighted by Crippen LogP contribution is -2.15. The molecule has 0 amide bonds. The number of hydrogen-bond acceptors (Lipinski definition) is 5. The first-order valence-corrected chi connectivity index (χ1v) is 10.2. The summed E-state index contributed by atoms with van der Waals surface area (Å²) in [5.74, 6) is 0.583. The minimum Gasteiger partial charge on any atom is -0.495 e. The standard InChI is InChI=1S/C19H27N3O3S/c1-5-6-7-10-20-16-8-9-19(21-13-16)22-26(23,24)18-12-15(3)14(2)11-17(18)25-4/h8-9,11-13,20H,5-7,10H2,1-4H3,(H,21,22). The molecular weight excluding hydrogens is 350 g/mol. The van der Waals surface area contributed by atoms with Gasteiger partial charge >= 0.3 is 0 Å². The summed E-state index contributed by atoms with van der Waals surface area (Å²) in [6, 6.07) is 6.79. The number of rotatable bonds is 9. The summed E-state index contributed by atoms with van der Waals surface area (Å²) in [7, 11) is -2.33. The number of nitrogens with zero attached hydrogens (tertiary/aromatic N) is 1. The molecule has 0 aliphatic rings. The van der Waals surface area contributed by atoms with Gasteiger partial charge in [-0.2, -0.15) is 0 Å². The molecule has 1 aromatic carbocycles. The fourth-order valence-corrected chi connectivity index (χ4v) is 3.74. The molecule has 6 nitrogen and oxygen atoms in total. The highest BCUT2D eigenvalue weighted by Gasteiger charge is 2.21. The Bertz CT molecular complexity index is 834. The number of aromatic nitrogens is 1. The van der Waals surface area contributed by atoms with Crippen molar-refractivity contribution in [3.05, 3.63) is 41.6 Å². The molecule has 142 valence electrons. The van der Waals surface area contributed by atoms with E-state index in [1.807, 2.05) is 19.9 Å². The first-order valence-electron chi connectivity index (χ1n) is 8.75. The lowest BCUT2D eigenvalue weighted by atomic mass is 10.1. The van der Waals surface area contributed by atoms with Crippen LogP contribution in [0.4, 0.5) is 11.5 Å². The number of sulfonamides is 1. The molecule has 0 saturated heterocycles. The van der Waals surface area contributed by atoms with Gasteiger partial charge < -0.3 is 10.1 Å². The van der Waals surface area contributed by atoms with E-state index < -0.39 is 10.0 Å². The maximum absolute atomic E-state index is 12.7. The Morgan fingerprint density at radius 2 is 1.85 bits per heavy atom. The maximum Gasteiger partial charge on any atom is 0.266 e. The van der Waals surface area contributed by atoms with E-state index in [0.717, 1.165) is 29.8 Å². The number of hydrogen-bond donors (Lipinski definition) is 2. The van der Waals surface area contributed by atoms with Crippen LogP contribution in [0.25, 0.3) is 0 Å². The van der Waals surface area contributed by atoms with Crippen molar-refractivity contribution in [3.63, 3.8) is 0 Å². The predicted octanol–water partition coefficient (Wildman–Crippen LogP) is 4.11. The Kier molecular flexibility index (Phi) is 6.85. The van der Waals surface area contributed by atoms with Gasteiger partial charge in [0.2, 0.25) is 0 Å². The lowest BCUT2D eigenvalue weighted by Gasteiger charge is -2.14. The fraction of sp³-hybridized carbons (Fsp3) is 0.421. The zero-order valence-electron chi connectivity index (χ0n) is 15.8. The molecule has 1 aromatic heterocycles. The number of pyridine rings is 1. The fourth-order valence-electron chi connectivity index (χ4n) is 2.49. The van der Waals surface area contributed by atoms with Gasteiger partial charge in [-0.05, 0) is 55.7 Å². The second-order valence-corrected chi connectivity index (χ2v) is 7.91. The van der Waals surface area contributed by atoms with Crippen molar-refractivity contribution in [2.75, 3.05) is 23.7 Å². The third-order valence-electron chi connectivity index (χ3n) is 4.18. The van der Waals surface area contributed by atoms with E-state index >= 15 is 0 Å². The molecule has 0 aliphatic heterocycles. The lowest BCUT2D eigenvalue weighted by molar-refractivity contribution is 0.402. The van der Waals surface area contributed by atoms with Gasteiger partial charge in [0.25, 0.3) is 10.0 Å². The van der Waals surface area contributed by atoms with Crippen LogP contribution in [0.5, 0.6) is 5.75 Å². The van der Waals surface area contributed by atoms with E-state index in [-0.39, 0.29) is 10.7 Å². The molecule has 0 bridgehead atoms. The molecule has 0 radical (unpaired) electrons. The van der Waals surface area contributed by atoms with Crippen LogP contribution in [0.15, 0.2) is 35.4 Å². The number of nitrogens with one attached hydrogen (secondary N) is 2. The van der Waals surface area contributed by atoms with E-state index in [0.29, 0.717) is 5.75 Å². The van der Waals surface area contributed by atoms with Crippen molar-refractivity contribution in [1.29, 1.82) is 0 Å². The van der Waals surface area contributed by atoms with Gasteiger partial charge in [-0.3, -0.25) is 4.72 Å². The smallest absolute Gasteiger partial charge is 0.266 e. The number of methoxy groups -OCH3 is 1. The van der Waals surface area contributed by atoms with Crippen LogP contribution in [0.3, 0.4) is 0 Å². The van der Waals surface area contributed by atoms with Crippen LogP contribution in [-0.2, 0) is 10.0 Å². The van der Waals surface area contributed by atoms with E-state index in [1.54, 1.807) is 24.4 Å². The van der Waals surface area contributed by atoms with Crippen LogP contribution < -0.4 is 14.8 Å². The minimum atomic E-state index is -3.79. The highest BCUT2D eigenvalue weighted by atomic mass is 32.2. The summed E-state index contributed by atoms with van der Waals surface area (Å²) in [4.78, 5) is 4.29. The number of anilines is 2. The molecular formula is C19H27N3O3S. The summed E-state index contributed by atoms with van der Waals surface area (Å²) >= 11 is 0. The van der Waals surface area contributed by atoms with Gasteiger partial charge in [0.05, 0.1) is 19.0 Å². The number of unbranched alkanes of at least 4 members (excludes halogenated alkanes) is 2. The van der Waals surface area contributed by atoms with Gasteiger partial charge in [0, 0.05) is 6.54 Å². The maximum atomic E-state index is 12.7. The van der Waals surface area contributed by atoms with Gasteiger partial charge in [-0.25, -0.2) is 13.4 Å². The Balaban J connectivity index is 2.13. The SMILES string of the molecule is CCCCCNc1ccc(NS(=O)(=O)c2cc(C)c(C)cc2OC)nc1. The Labute approximate surface area is 156 Å². The molecule has 0 atom stereocenters. The molecule has 0 aliphatic carbocycles.